The normalized spacial score (nSPS) is 21.0. The van der Waals surface area contributed by atoms with Crippen molar-refractivity contribution >= 4 is 15.9 Å². The molecule has 0 aliphatic carbocycles. The molecule has 0 aromatic heterocycles. The molecule has 1 unspecified atom stereocenters. The first kappa shape index (κ1) is 11.9. The van der Waals surface area contributed by atoms with Gasteiger partial charge in [-0.05, 0) is 65.8 Å². The molecule has 1 atom stereocenters. The van der Waals surface area contributed by atoms with Crippen LogP contribution in [0, 0.1) is 11.7 Å². The summed E-state index contributed by atoms with van der Waals surface area (Å²) in [5.74, 6) is 0.147. The van der Waals surface area contributed by atoms with Gasteiger partial charge in [-0.15, -0.1) is 0 Å². The summed E-state index contributed by atoms with van der Waals surface area (Å²) >= 11 is 3.21. The summed E-state index contributed by atoms with van der Waals surface area (Å²) in [4.78, 5) is 0. The zero-order valence-electron chi connectivity index (χ0n) is 8.97. The number of nitrogens with one attached hydrogen (secondary N) is 1. The molecule has 16 heavy (non-hydrogen) atoms. The van der Waals surface area contributed by atoms with Gasteiger partial charge >= 0.3 is 0 Å². The summed E-state index contributed by atoms with van der Waals surface area (Å²) < 4.78 is 14.1. The Kier molecular flexibility index (Phi) is 3.82. The van der Waals surface area contributed by atoms with E-state index in [2.05, 4.69) is 21.2 Å². The van der Waals surface area contributed by atoms with E-state index in [1.165, 1.54) is 6.07 Å². The van der Waals surface area contributed by atoms with Gasteiger partial charge in [0.1, 0.15) is 11.6 Å². The number of hydrogen-bond acceptors (Lipinski definition) is 2. The summed E-state index contributed by atoms with van der Waals surface area (Å²) in [6.45, 7) is 2.02. The Balaban J connectivity index is 2.11. The van der Waals surface area contributed by atoms with Crippen LogP contribution in [0.4, 0.5) is 4.39 Å². The maximum Gasteiger partial charge on any atom is 0.132 e. The fourth-order valence-electron chi connectivity index (χ4n) is 2.14. The summed E-state index contributed by atoms with van der Waals surface area (Å²) in [5.41, 5.74) is 0.679. The smallest absolute Gasteiger partial charge is 0.132 e. The molecule has 0 saturated carbocycles. The van der Waals surface area contributed by atoms with Crippen LogP contribution < -0.4 is 5.32 Å². The van der Waals surface area contributed by atoms with Crippen molar-refractivity contribution in [3.8, 4) is 5.75 Å². The fourth-order valence-corrected chi connectivity index (χ4v) is 2.53. The molecular formula is C12H15BrFNO. The Morgan fingerprint density at radius 2 is 2.31 bits per heavy atom. The van der Waals surface area contributed by atoms with Crippen LogP contribution in [-0.2, 0) is 6.42 Å². The van der Waals surface area contributed by atoms with Crippen LogP contribution in [0.2, 0.25) is 0 Å². The summed E-state index contributed by atoms with van der Waals surface area (Å²) in [5, 5.41) is 12.6. The van der Waals surface area contributed by atoms with Crippen molar-refractivity contribution in [2.24, 2.45) is 5.92 Å². The molecule has 1 aromatic rings. The predicted octanol–water partition coefficient (Wildman–Crippen LogP) is 2.84. The molecule has 0 bridgehead atoms. The van der Waals surface area contributed by atoms with E-state index in [0.717, 1.165) is 32.4 Å². The largest absolute Gasteiger partial charge is 0.507 e. The van der Waals surface area contributed by atoms with Gasteiger partial charge in [-0.1, -0.05) is 0 Å². The molecule has 4 heteroatoms. The Hall–Kier alpha value is -0.610. The predicted molar refractivity (Wildman–Crippen MR) is 65.1 cm³/mol. The molecule has 1 saturated heterocycles. The van der Waals surface area contributed by atoms with Crippen molar-refractivity contribution in [3.05, 3.63) is 28.0 Å². The highest BCUT2D eigenvalue weighted by atomic mass is 79.9. The molecule has 1 aliphatic rings. The minimum atomic E-state index is -0.314. The standard InChI is InChI=1S/C12H15BrFNO/c13-10-5-9(11(14)6-12(10)16)4-8-2-1-3-15-7-8/h5-6,8,15-16H,1-4,7H2. The minimum Gasteiger partial charge on any atom is -0.507 e. The van der Waals surface area contributed by atoms with Gasteiger partial charge in [-0.2, -0.15) is 0 Å². The molecule has 0 radical (unpaired) electrons. The molecular weight excluding hydrogens is 273 g/mol. The van der Waals surface area contributed by atoms with Crippen molar-refractivity contribution in [2.75, 3.05) is 13.1 Å². The monoisotopic (exact) mass is 287 g/mol. The first-order valence-electron chi connectivity index (χ1n) is 5.54. The van der Waals surface area contributed by atoms with Crippen LogP contribution in [0.15, 0.2) is 16.6 Å². The SMILES string of the molecule is Oc1cc(F)c(CC2CCCNC2)cc1Br. The number of aromatic hydroxyl groups is 1. The number of halogens is 2. The van der Waals surface area contributed by atoms with Gasteiger partial charge in [0.2, 0.25) is 0 Å². The Labute approximate surface area is 103 Å². The highest BCUT2D eigenvalue weighted by Crippen LogP contribution is 2.28. The summed E-state index contributed by atoms with van der Waals surface area (Å²) in [6, 6.07) is 2.86. The fraction of sp³-hybridized carbons (Fsp3) is 0.500. The minimum absolute atomic E-state index is 0.0389. The average molecular weight is 288 g/mol. The van der Waals surface area contributed by atoms with Crippen LogP contribution in [-0.4, -0.2) is 18.2 Å². The molecule has 1 heterocycles. The number of piperidine rings is 1. The van der Waals surface area contributed by atoms with Crippen LogP contribution in [0.3, 0.4) is 0 Å². The van der Waals surface area contributed by atoms with Gasteiger partial charge in [-0.3, -0.25) is 0 Å². The molecule has 1 aromatic carbocycles. The number of hydrogen-bond donors (Lipinski definition) is 2. The highest BCUT2D eigenvalue weighted by Gasteiger charge is 2.16. The van der Waals surface area contributed by atoms with Gasteiger partial charge in [0.15, 0.2) is 0 Å². The van der Waals surface area contributed by atoms with Gasteiger partial charge in [0.05, 0.1) is 4.47 Å². The van der Waals surface area contributed by atoms with Crippen LogP contribution >= 0.6 is 15.9 Å². The topological polar surface area (TPSA) is 32.3 Å². The Bertz CT molecular complexity index is 378. The third kappa shape index (κ3) is 2.74. The highest BCUT2D eigenvalue weighted by molar-refractivity contribution is 9.10. The maximum atomic E-state index is 13.6. The van der Waals surface area contributed by atoms with Gasteiger partial charge in [0, 0.05) is 6.07 Å². The van der Waals surface area contributed by atoms with Crippen LogP contribution in [0.5, 0.6) is 5.75 Å². The molecule has 88 valence electrons. The molecule has 2 N–H and O–H groups in total. The maximum absolute atomic E-state index is 13.6. The van der Waals surface area contributed by atoms with Crippen molar-refractivity contribution in [2.45, 2.75) is 19.3 Å². The van der Waals surface area contributed by atoms with Crippen molar-refractivity contribution < 1.29 is 9.50 Å². The van der Waals surface area contributed by atoms with E-state index in [-0.39, 0.29) is 11.6 Å². The van der Waals surface area contributed by atoms with E-state index >= 15 is 0 Å². The second-order valence-electron chi connectivity index (χ2n) is 4.31. The van der Waals surface area contributed by atoms with Gasteiger partial charge < -0.3 is 10.4 Å². The Morgan fingerprint density at radius 1 is 1.50 bits per heavy atom. The average Bonchev–Trinajstić information content (AvgIpc) is 2.27. The first-order valence-corrected chi connectivity index (χ1v) is 6.33. The molecule has 2 nitrogen and oxygen atoms in total. The van der Waals surface area contributed by atoms with E-state index in [0.29, 0.717) is 16.0 Å². The van der Waals surface area contributed by atoms with Gasteiger partial charge in [0.25, 0.3) is 0 Å². The zero-order valence-corrected chi connectivity index (χ0v) is 10.6. The molecule has 0 spiro atoms. The summed E-state index contributed by atoms with van der Waals surface area (Å²) in [7, 11) is 0. The quantitative estimate of drug-likeness (QED) is 0.877. The lowest BCUT2D eigenvalue weighted by molar-refractivity contribution is 0.371. The number of benzene rings is 1. The number of rotatable bonds is 2. The second-order valence-corrected chi connectivity index (χ2v) is 5.17. The van der Waals surface area contributed by atoms with Crippen molar-refractivity contribution in [1.82, 2.24) is 5.32 Å². The molecule has 1 fully saturated rings. The Morgan fingerprint density at radius 3 is 3.00 bits per heavy atom. The van der Waals surface area contributed by atoms with E-state index in [4.69, 9.17) is 0 Å². The second kappa shape index (κ2) is 5.15. The molecule has 1 aliphatic heterocycles. The zero-order chi connectivity index (χ0) is 11.5. The number of phenolic OH excluding ortho intramolecular Hbond substituents is 1. The van der Waals surface area contributed by atoms with Crippen LogP contribution in [0.25, 0.3) is 0 Å². The third-order valence-corrected chi connectivity index (χ3v) is 3.66. The lowest BCUT2D eigenvalue weighted by Crippen LogP contribution is -2.31. The van der Waals surface area contributed by atoms with Gasteiger partial charge in [-0.25, -0.2) is 4.39 Å². The van der Waals surface area contributed by atoms with Crippen LogP contribution in [0.1, 0.15) is 18.4 Å². The van der Waals surface area contributed by atoms with E-state index in [1.807, 2.05) is 0 Å². The van der Waals surface area contributed by atoms with Crippen molar-refractivity contribution in [3.63, 3.8) is 0 Å². The van der Waals surface area contributed by atoms with E-state index < -0.39 is 0 Å². The van der Waals surface area contributed by atoms with E-state index in [1.54, 1.807) is 6.07 Å². The molecule has 2 rings (SSSR count). The number of phenols is 1. The third-order valence-electron chi connectivity index (χ3n) is 3.02. The molecule has 0 amide bonds. The lowest BCUT2D eigenvalue weighted by Gasteiger charge is -2.23. The lowest BCUT2D eigenvalue weighted by atomic mass is 9.92. The van der Waals surface area contributed by atoms with Crippen molar-refractivity contribution in [1.29, 1.82) is 0 Å². The summed E-state index contributed by atoms with van der Waals surface area (Å²) in [6.07, 6.45) is 3.04. The van der Waals surface area contributed by atoms with E-state index in [9.17, 15) is 9.50 Å². The first-order chi connectivity index (χ1) is 7.66.